The van der Waals surface area contributed by atoms with E-state index in [2.05, 4.69) is 5.32 Å². The molecule has 1 aliphatic rings. The van der Waals surface area contributed by atoms with Gasteiger partial charge >= 0.3 is 0 Å². The number of carbonyl (C=O) groups excluding carboxylic acids is 1. The number of carbonyl (C=O) groups is 1. The minimum absolute atomic E-state index is 0.0523. The third-order valence-electron chi connectivity index (χ3n) is 4.81. The summed E-state index contributed by atoms with van der Waals surface area (Å²) >= 11 is 12.0. The molecule has 0 fully saturated rings. The molecule has 0 radical (unpaired) electrons. The van der Waals surface area contributed by atoms with Gasteiger partial charge in [-0.15, -0.1) is 0 Å². The molecule has 2 aromatic rings. The van der Waals surface area contributed by atoms with Crippen LogP contribution in [0.5, 0.6) is 0 Å². The molecule has 0 unspecified atom stereocenters. The van der Waals surface area contributed by atoms with Gasteiger partial charge in [-0.3, -0.25) is 4.79 Å². The minimum Gasteiger partial charge on any atom is -0.394 e. The number of hydrogen-bond acceptors (Lipinski definition) is 4. The van der Waals surface area contributed by atoms with E-state index in [0.717, 1.165) is 9.87 Å². The van der Waals surface area contributed by atoms with Crippen molar-refractivity contribution in [2.75, 3.05) is 13.7 Å². The summed E-state index contributed by atoms with van der Waals surface area (Å²) in [5.74, 6) is -0.474. The van der Waals surface area contributed by atoms with Gasteiger partial charge in [0.05, 0.1) is 27.6 Å². The largest absolute Gasteiger partial charge is 0.394 e. The molecule has 150 valence electrons. The molecule has 0 saturated heterocycles. The van der Waals surface area contributed by atoms with Crippen LogP contribution in [0.25, 0.3) is 0 Å². The molecule has 0 saturated carbocycles. The zero-order valence-electron chi connectivity index (χ0n) is 15.1. The van der Waals surface area contributed by atoms with Crippen LogP contribution in [0, 0.1) is 0 Å². The highest BCUT2D eigenvalue weighted by atomic mass is 35.5. The summed E-state index contributed by atoms with van der Waals surface area (Å²) in [6.45, 7) is -0.262. The first-order valence-corrected chi connectivity index (χ1v) is 10.8. The Balaban J connectivity index is 1.82. The molecule has 0 bridgehead atoms. The number of sulfonamides is 1. The SMILES string of the molecule is CN1[C@@H](C(=O)N[C@H](CO)Cc2ccccc2)Cc2cc(Cl)c(Cl)cc2S1(=O)=O. The molecule has 6 nitrogen and oxygen atoms in total. The van der Waals surface area contributed by atoms with E-state index in [-0.39, 0.29) is 28.0 Å². The van der Waals surface area contributed by atoms with Gasteiger partial charge < -0.3 is 10.4 Å². The molecular formula is C19H20Cl2N2O4S. The molecule has 9 heteroatoms. The minimum atomic E-state index is -3.89. The molecule has 1 amide bonds. The van der Waals surface area contributed by atoms with Gasteiger partial charge in [-0.1, -0.05) is 53.5 Å². The van der Waals surface area contributed by atoms with Crippen molar-refractivity contribution in [3.63, 3.8) is 0 Å². The summed E-state index contributed by atoms with van der Waals surface area (Å²) in [4.78, 5) is 12.9. The summed E-state index contributed by atoms with van der Waals surface area (Å²) in [5, 5.41) is 12.8. The summed E-state index contributed by atoms with van der Waals surface area (Å²) in [6.07, 6.45) is 0.599. The van der Waals surface area contributed by atoms with Crippen LogP contribution < -0.4 is 5.32 Å². The van der Waals surface area contributed by atoms with E-state index in [9.17, 15) is 18.3 Å². The summed E-state index contributed by atoms with van der Waals surface area (Å²) < 4.78 is 26.7. The molecule has 0 aromatic heterocycles. The van der Waals surface area contributed by atoms with Crippen molar-refractivity contribution in [2.45, 2.75) is 29.8 Å². The van der Waals surface area contributed by atoms with Crippen molar-refractivity contribution in [2.24, 2.45) is 0 Å². The Labute approximate surface area is 174 Å². The average molecular weight is 443 g/mol. The average Bonchev–Trinajstić information content (AvgIpc) is 2.67. The molecule has 28 heavy (non-hydrogen) atoms. The maximum atomic E-state index is 12.8. The van der Waals surface area contributed by atoms with Crippen molar-refractivity contribution in [1.82, 2.24) is 9.62 Å². The lowest BCUT2D eigenvalue weighted by molar-refractivity contribution is -0.125. The van der Waals surface area contributed by atoms with Crippen LogP contribution >= 0.6 is 23.2 Å². The van der Waals surface area contributed by atoms with Gasteiger partial charge in [-0.2, -0.15) is 4.31 Å². The summed E-state index contributed by atoms with van der Waals surface area (Å²) in [7, 11) is -2.53. The maximum absolute atomic E-state index is 12.8. The third-order valence-corrected chi connectivity index (χ3v) is 7.48. The van der Waals surface area contributed by atoms with E-state index in [1.807, 2.05) is 30.3 Å². The van der Waals surface area contributed by atoms with Gasteiger partial charge in [0.15, 0.2) is 0 Å². The molecule has 0 aliphatic carbocycles. The highest BCUT2D eigenvalue weighted by Gasteiger charge is 2.40. The first-order chi connectivity index (χ1) is 13.2. The molecule has 2 atom stereocenters. The molecule has 1 aliphatic heterocycles. The van der Waals surface area contributed by atoms with E-state index in [1.54, 1.807) is 0 Å². The molecule has 0 spiro atoms. The number of rotatable bonds is 5. The maximum Gasteiger partial charge on any atom is 0.243 e. The lowest BCUT2D eigenvalue weighted by Gasteiger charge is -2.33. The monoisotopic (exact) mass is 442 g/mol. The smallest absolute Gasteiger partial charge is 0.243 e. The number of fused-ring (bicyclic) bond motifs is 1. The second-order valence-electron chi connectivity index (χ2n) is 6.69. The van der Waals surface area contributed by atoms with Gasteiger partial charge in [0.25, 0.3) is 0 Å². The molecule has 2 aromatic carbocycles. The molecule has 2 N–H and O–H groups in total. The van der Waals surface area contributed by atoms with Crippen molar-refractivity contribution < 1.29 is 18.3 Å². The Morgan fingerprint density at radius 2 is 1.89 bits per heavy atom. The number of nitrogens with one attached hydrogen (secondary N) is 1. The van der Waals surface area contributed by atoms with Crippen LogP contribution in [-0.2, 0) is 27.7 Å². The van der Waals surface area contributed by atoms with E-state index in [4.69, 9.17) is 23.2 Å². The van der Waals surface area contributed by atoms with Crippen LogP contribution in [0.3, 0.4) is 0 Å². The lowest BCUT2D eigenvalue weighted by atomic mass is 10.0. The number of aliphatic hydroxyl groups excluding tert-OH is 1. The number of nitrogens with zero attached hydrogens (tertiary/aromatic N) is 1. The van der Waals surface area contributed by atoms with Gasteiger partial charge in [-0.05, 0) is 36.1 Å². The van der Waals surface area contributed by atoms with E-state index in [0.29, 0.717) is 12.0 Å². The predicted molar refractivity (Wildman–Crippen MR) is 108 cm³/mol. The number of benzene rings is 2. The van der Waals surface area contributed by atoms with E-state index in [1.165, 1.54) is 19.2 Å². The third kappa shape index (κ3) is 4.18. The highest BCUT2D eigenvalue weighted by molar-refractivity contribution is 7.89. The Kier molecular flexibility index (Phi) is 6.31. The van der Waals surface area contributed by atoms with Gasteiger partial charge in [0.1, 0.15) is 6.04 Å². The number of halogens is 2. The first kappa shape index (κ1) is 21.1. The van der Waals surface area contributed by atoms with Crippen molar-refractivity contribution in [3.05, 3.63) is 63.6 Å². The first-order valence-electron chi connectivity index (χ1n) is 8.65. The van der Waals surface area contributed by atoms with Crippen molar-refractivity contribution >= 4 is 39.1 Å². The molecular weight excluding hydrogens is 423 g/mol. The second-order valence-corrected chi connectivity index (χ2v) is 9.47. The van der Waals surface area contributed by atoms with Gasteiger partial charge in [0.2, 0.25) is 15.9 Å². The Morgan fingerprint density at radius 1 is 1.25 bits per heavy atom. The van der Waals surface area contributed by atoms with Crippen LogP contribution in [0.1, 0.15) is 11.1 Å². The Hall–Kier alpha value is -1.64. The Bertz CT molecular complexity index is 983. The highest BCUT2D eigenvalue weighted by Crippen LogP contribution is 2.35. The number of amides is 1. The van der Waals surface area contributed by atoms with Crippen molar-refractivity contribution in [1.29, 1.82) is 0 Å². The van der Waals surface area contributed by atoms with Gasteiger partial charge in [0, 0.05) is 7.05 Å². The second kappa shape index (κ2) is 8.39. The fraction of sp³-hybridized carbons (Fsp3) is 0.316. The number of aliphatic hydroxyl groups is 1. The zero-order valence-corrected chi connectivity index (χ0v) is 17.4. The normalized spacial score (nSPS) is 19.6. The zero-order chi connectivity index (χ0) is 20.5. The van der Waals surface area contributed by atoms with Crippen LogP contribution in [0.4, 0.5) is 0 Å². The van der Waals surface area contributed by atoms with Gasteiger partial charge in [-0.25, -0.2) is 8.42 Å². The number of likely N-dealkylation sites (N-methyl/N-ethyl adjacent to an activating group) is 1. The quantitative estimate of drug-likeness (QED) is 0.743. The molecule has 1 heterocycles. The summed E-state index contributed by atoms with van der Waals surface area (Å²) in [6, 6.07) is 10.7. The molecule has 3 rings (SSSR count). The van der Waals surface area contributed by atoms with Crippen LogP contribution in [0.2, 0.25) is 10.0 Å². The van der Waals surface area contributed by atoms with Crippen LogP contribution in [-0.4, -0.2) is 49.5 Å². The van der Waals surface area contributed by atoms with Crippen molar-refractivity contribution in [3.8, 4) is 0 Å². The topological polar surface area (TPSA) is 86.7 Å². The predicted octanol–water partition coefficient (Wildman–Crippen LogP) is 2.26. The lowest BCUT2D eigenvalue weighted by Crippen LogP contribution is -2.54. The summed E-state index contributed by atoms with van der Waals surface area (Å²) in [5.41, 5.74) is 1.40. The number of hydrogen-bond donors (Lipinski definition) is 2. The van der Waals surface area contributed by atoms with Crippen LogP contribution in [0.15, 0.2) is 47.4 Å². The standard InChI is InChI=1S/C19H20Cl2N2O4S/c1-23-17(9-13-8-15(20)16(21)10-18(13)28(23,26)27)19(25)22-14(11-24)7-12-5-3-2-4-6-12/h2-6,8,10,14,17,24H,7,9,11H2,1H3,(H,22,25)/t14-,17+/m0/s1. The fourth-order valence-corrected chi connectivity index (χ4v) is 5.21. The van der Waals surface area contributed by atoms with E-state index < -0.39 is 28.0 Å². The van der Waals surface area contributed by atoms with E-state index >= 15 is 0 Å². The Morgan fingerprint density at radius 3 is 2.54 bits per heavy atom. The fourth-order valence-electron chi connectivity index (χ4n) is 3.24.